The Labute approximate surface area is 209 Å². The number of nitrogens with zero attached hydrogens (tertiary/aromatic N) is 3. The molecule has 0 spiro atoms. The van der Waals surface area contributed by atoms with Crippen LogP contribution in [0.3, 0.4) is 0 Å². The third kappa shape index (κ3) is 5.12. The van der Waals surface area contributed by atoms with Crippen molar-refractivity contribution in [1.82, 2.24) is 9.55 Å². The van der Waals surface area contributed by atoms with Crippen LogP contribution in [0.2, 0.25) is 0 Å². The molecule has 4 nitrogen and oxygen atoms in total. The van der Waals surface area contributed by atoms with Crippen molar-refractivity contribution in [1.29, 1.82) is 0 Å². The van der Waals surface area contributed by atoms with Crippen LogP contribution >= 0.6 is 0 Å². The molecule has 3 aromatic carbocycles. The molecule has 5 rings (SSSR count). The molecule has 1 amide bonds. The van der Waals surface area contributed by atoms with Crippen molar-refractivity contribution in [3.8, 4) is 0 Å². The second kappa shape index (κ2) is 11.1. The molecule has 0 N–H and O–H groups in total. The molecule has 1 aliphatic rings. The van der Waals surface area contributed by atoms with E-state index in [9.17, 15) is 4.79 Å². The van der Waals surface area contributed by atoms with Crippen LogP contribution in [-0.2, 0) is 11.3 Å². The van der Waals surface area contributed by atoms with Crippen molar-refractivity contribution in [2.75, 3.05) is 11.4 Å². The molecule has 0 bridgehead atoms. The van der Waals surface area contributed by atoms with Gasteiger partial charge >= 0.3 is 0 Å². The third-order valence-electron chi connectivity index (χ3n) is 7.47. The van der Waals surface area contributed by atoms with E-state index in [1.54, 1.807) is 0 Å². The molecule has 1 aliphatic heterocycles. The Hall–Kier alpha value is -3.14. The lowest BCUT2D eigenvalue weighted by atomic mass is 10.1. The molecule has 1 aromatic heterocycles. The van der Waals surface area contributed by atoms with Crippen molar-refractivity contribution >= 4 is 33.4 Å². The number of benzene rings is 3. The van der Waals surface area contributed by atoms with Gasteiger partial charge in [0.1, 0.15) is 5.82 Å². The summed E-state index contributed by atoms with van der Waals surface area (Å²) in [6.45, 7) is 3.93. The average molecular weight is 468 g/mol. The summed E-state index contributed by atoms with van der Waals surface area (Å²) in [6.07, 6.45) is 11.0. The Balaban J connectivity index is 1.33. The van der Waals surface area contributed by atoms with Gasteiger partial charge in [0.15, 0.2) is 0 Å². The lowest BCUT2D eigenvalue weighted by Crippen LogP contribution is -2.24. The maximum absolute atomic E-state index is 13.2. The number of hydrogen-bond donors (Lipinski definition) is 0. The van der Waals surface area contributed by atoms with E-state index in [0.717, 1.165) is 35.4 Å². The normalized spacial score (nSPS) is 16.1. The van der Waals surface area contributed by atoms with Gasteiger partial charge in [-0.2, -0.15) is 0 Å². The highest BCUT2D eigenvalue weighted by molar-refractivity contribution is 6.05. The quantitative estimate of drug-likeness (QED) is 0.211. The topological polar surface area (TPSA) is 38.1 Å². The second-order valence-electron chi connectivity index (χ2n) is 9.99. The second-order valence-corrected chi connectivity index (χ2v) is 9.99. The van der Waals surface area contributed by atoms with Gasteiger partial charge in [0.25, 0.3) is 0 Å². The zero-order chi connectivity index (χ0) is 24.0. The summed E-state index contributed by atoms with van der Waals surface area (Å²) < 4.78 is 2.40. The van der Waals surface area contributed by atoms with Gasteiger partial charge in [-0.1, -0.05) is 100 Å². The lowest BCUT2D eigenvalue weighted by molar-refractivity contribution is -0.117. The van der Waals surface area contributed by atoms with Gasteiger partial charge < -0.3 is 9.47 Å². The molecule has 4 aromatic rings. The average Bonchev–Trinajstić information content (AvgIpc) is 3.45. The number of fused-ring (bicyclic) bond motifs is 2. The number of carbonyl (C=O) groups is 1. The summed E-state index contributed by atoms with van der Waals surface area (Å²) in [5, 5.41) is 2.31. The summed E-state index contributed by atoms with van der Waals surface area (Å²) in [7, 11) is 0. The number of unbranched alkanes of at least 4 members (excludes halogenated alkanes) is 7. The molecule has 1 fully saturated rings. The first kappa shape index (κ1) is 23.6. The SMILES string of the molecule is CCCCCCCCCCn1c(C2CC(=O)N(c3cccc4ccccc34)C2)nc2ccccc21. The maximum Gasteiger partial charge on any atom is 0.227 e. The highest BCUT2D eigenvalue weighted by Crippen LogP contribution is 2.36. The van der Waals surface area contributed by atoms with Gasteiger partial charge in [0, 0.05) is 30.8 Å². The van der Waals surface area contributed by atoms with E-state index in [-0.39, 0.29) is 11.8 Å². The molecular weight excluding hydrogens is 430 g/mol. The van der Waals surface area contributed by atoms with E-state index in [1.165, 1.54) is 55.8 Å². The van der Waals surface area contributed by atoms with Gasteiger partial charge in [-0.3, -0.25) is 4.79 Å². The minimum absolute atomic E-state index is 0.114. The zero-order valence-electron chi connectivity index (χ0n) is 21.0. The highest BCUT2D eigenvalue weighted by Gasteiger charge is 2.35. The van der Waals surface area contributed by atoms with Crippen molar-refractivity contribution in [2.45, 2.75) is 77.2 Å². The molecule has 0 aliphatic carbocycles. The van der Waals surface area contributed by atoms with Crippen LogP contribution in [0.5, 0.6) is 0 Å². The van der Waals surface area contributed by atoms with Crippen LogP contribution in [0.1, 0.15) is 76.5 Å². The Bertz CT molecular complexity index is 1290. The van der Waals surface area contributed by atoms with Gasteiger partial charge in [0.05, 0.1) is 16.7 Å². The van der Waals surface area contributed by atoms with Crippen molar-refractivity contribution in [2.24, 2.45) is 0 Å². The fraction of sp³-hybridized carbons (Fsp3) is 0.419. The molecule has 0 radical (unpaired) electrons. The number of rotatable bonds is 11. The first-order chi connectivity index (χ1) is 17.3. The van der Waals surface area contributed by atoms with E-state index >= 15 is 0 Å². The summed E-state index contributed by atoms with van der Waals surface area (Å²) in [5.41, 5.74) is 3.25. The number of para-hydroxylation sites is 2. The molecule has 4 heteroatoms. The molecule has 2 heterocycles. The van der Waals surface area contributed by atoms with Crippen LogP contribution in [0.25, 0.3) is 21.8 Å². The molecule has 1 atom stereocenters. The number of imidazole rings is 1. The van der Waals surface area contributed by atoms with Crippen molar-refractivity contribution < 1.29 is 4.79 Å². The summed E-state index contributed by atoms with van der Waals surface area (Å²) in [4.78, 5) is 20.3. The van der Waals surface area contributed by atoms with Crippen LogP contribution < -0.4 is 4.90 Å². The molecule has 1 saturated heterocycles. The minimum atomic E-state index is 0.114. The van der Waals surface area contributed by atoms with Crippen LogP contribution in [0.15, 0.2) is 66.7 Å². The third-order valence-corrected chi connectivity index (χ3v) is 7.47. The number of anilines is 1. The van der Waals surface area contributed by atoms with Gasteiger partial charge in [-0.15, -0.1) is 0 Å². The number of hydrogen-bond acceptors (Lipinski definition) is 2. The Kier molecular flexibility index (Phi) is 7.46. The lowest BCUT2D eigenvalue weighted by Gasteiger charge is -2.19. The predicted molar refractivity (Wildman–Crippen MR) is 146 cm³/mol. The van der Waals surface area contributed by atoms with E-state index < -0.39 is 0 Å². The molecular formula is C31H37N3O. The van der Waals surface area contributed by atoms with Crippen LogP contribution in [0, 0.1) is 0 Å². The number of aryl methyl sites for hydroxylation is 1. The monoisotopic (exact) mass is 467 g/mol. The first-order valence-corrected chi connectivity index (χ1v) is 13.5. The van der Waals surface area contributed by atoms with E-state index in [1.807, 2.05) is 17.0 Å². The Morgan fingerprint density at radius 3 is 2.40 bits per heavy atom. The minimum Gasteiger partial charge on any atom is -0.328 e. The van der Waals surface area contributed by atoms with Gasteiger partial charge in [-0.05, 0) is 30.0 Å². The summed E-state index contributed by atoms with van der Waals surface area (Å²) in [5.74, 6) is 1.38. The summed E-state index contributed by atoms with van der Waals surface area (Å²) in [6, 6.07) is 23.0. The zero-order valence-corrected chi connectivity index (χ0v) is 21.0. The Morgan fingerprint density at radius 2 is 1.54 bits per heavy atom. The fourth-order valence-corrected chi connectivity index (χ4v) is 5.60. The smallest absolute Gasteiger partial charge is 0.227 e. The molecule has 35 heavy (non-hydrogen) atoms. The Morgan fingerprint density at radius 1 is 0.829 bits per heavy atom. The van der Waals surface area contributed by atoms with Crippen LogP contribution in [-0.4, -0.2) is 22.0 Å². The first-order valence-electron chi connectivity index (χ1n) is 13.5. The standard InChI is InChI=1S/C31H37N3O/c1-2-3-4-5-6-7-8-13-21-33-29-19-12-11-18-27(29)32-31(33)25-22-30(35)34(23-25)28-20-14-16-24-15-9-10-17-26(24)28/h9-12,14-20,25H,2-8,13,21-23H2,1H3. The fourth-order valence-electron chi connectivity index (χ4n) is 5.60. The largest absolute Gasteiger partial charge is 0.328 e. The highest BCUT2D eigenvalue weighted by atomic mass is 16.2. The van der Waals surface area contributed by atoms with E-state index in [4.69, 9.17) is 4.98 Å². The molecule has 0 saturated carbocycles. The van der Waals surface area contributed by atoms with Gasteiger partial charge in [-0.25, -0.2) is 4.98 Å². The van der Waals surface area contributed by atoms with Crippen molar-refractivity contribution in [3.63, 3.8) is 0 Å². The van der Waals surface area contributed by atoms with Crippen molar-refractivity contribution in [3.05, 3.63) is 72.6 Å². The molecule has 182 valence electrons. The number of amides is 1. The number of aromatic nitrogens is 2. The van der Waals surface area contributed by atoms with Gasteiger partial charge in [0.2, 0.25) is 5.91 Å². The maximum atomic E-state index is 13.2. The number of carbonyl (C=O) groups excluding carboxylic acids is 1. The molecule has 1 unspecified atom stereocenters. The van der Waals surface area contributed by atoms with E-state index in [2.05, 4.69) is 66.1 Å². The summed E-state index contributed by atoms with van der Waals surface area (Å²) >= 11 is 0. The predicted octanol–water partition coefficient (Wildman–Crippen LogP) is 7.85. The van der Waals surface area contributed by atoms with E-state index in [0.29, 0.717) is 13.0 Å². The van der Waals surface area contributed by atoms with Crippen LogP contribution in [0.4, 0.5) is 5.69 Å².